The lowest BCUT2D eigenvalue weighted by Crippen LogP contribution is -2.50. The van der Waals surface area contributed by atoms with Gasteiger partial charge in [-0.3, -0.25) is 9.59 Å². The number of para-hydroxylation sites is 1. The van der Waals surface area contributed by atoms with Gasteiger partial charge in [0.15, 0.2) is 0 Å². The van der Waals surface area contributed by atoms with E-state index in [2.05, 4.69) is 34.3 Å². The molecule has 2 aliphatic rings. The van der Waals surface area contributed by atoms with Crippen LogP contribution in [0.2, 0.25) is 5.02 Å². The van der Waals surface area contributed by atoms with Gasteiger partial charge in [0.05, 0.1) is 4.91 Å². The van der Waals surface area contributed by atoms with Crippen LogP contribution in [-0.2, 0) is 11.3 Å². The minimum absolute atomic E-state index is 0.0791. The summed E-state index contributed by atoms with van der Waals surface area (Å²) in [4.78, 5) is 31.4. The van der Waals surface area contributed by atoms with Crippen LogP contribution in [0.5, 0.6) is 0 Å². The number of rotatable bonds is 9. The molecule has 1 heterocycles. The Bertz CT molecular complexity index is 1350. The predicted octanol–water partition coefficient (Wildman–Crippen LogP) is 7.02. The molecule has 3 aromatic rings. The number of amides is 2. The Morgan fingerprint density at radius 1 is 1.05 bits per heavy atom. The first-order valence-electron chi connectivity index (χ1n) is 14.1. The summed E-state index contributed by atoms with van der Waals surface area (Å²) in [7, 11) is 2.06. The topological polar surface area (TPSA) is 52.7 Å². The molecule has 2 amide bonds. The molecule has 1 aliphatic heterocycles. The van der Waals surface area contributed by atoms with Crippen LogP contribution in [0, 0.1) is 0 Å². The fraction of sp³-hybridized carbons (Fsp3) is 0.333. The van der Waals surface area contributed by atoms with E-state index < -0.39 is 0 Å². The molecule has 40 heavy (non-hydrogen) atoms. The van der Waals surface area contributed by atoms with Crippen molar-refractivity contribution in [1.29, 1.82) is 0 Å². The van der Waals surface area contributed by atoms with Crippen LogP contribution in [0.3, 0.4) is 0 Å². The zero-order chi connectivity index (χ0) is 27.9. The summed E-state index contributed by atoms with van der Waals surface area (Å²) in [5.41, 5.74) is 3.77. The smallest absolute Gasteiger partial charge is 0.260 e. The van der Waals surface area contributed by atoms with Gasteiger partial charge < -0.3 is 15.1 Å². The van der Waals surface area contributed by atoms with Crippen LogP contribution in [-0.4, -0.2) is 48.1 Å². The summed E-state index contributed by atoms with van der Waals surface area (Å²) in [5.74, 6) is -0.00200. The molecule has 2 atom stereocenters. The Balaban J connectivity index is 1.20. The van der Waals surface area contributed by atoms with Gasteiger partial charge in [0.1, 0.15) is 0 Å². The van der Waals surface area contributed by atoms with E-state index in [0.717, 1.165) is 48.3 Å². The number of fused-ring (bicyclic) bond motifs is 1. The first-order chi connectivity index (χ1) is 19.5. The van der Waals surface area contributed by atoms with Crippen LogP contribution in [0.1, 0.15) is 53.6 Å². The highest BCUT2D eigenvalue weighted by Gasteiger charge is 2.40. The van der Waals surface area contributed by atoms with Gasteiger partial charge in [-0.15, -0.1) is 11.8 Å². The second-order valence-electron chi connectivity index (χ2n) is 10.6. The first-order valence-corrected chi connectivity index (χ1v) is 15.3. The van der Waals surface area contributed by atoms with Crippen LogP contribution >= 0.6 is 23.4 Å². The maximum Gasteiger partial charge on any atom is 0.260 e. The molecule has 208 valence electrons. The van der Waals surface area contributed by atoms with Crippen molar-refractivity contribution < 1.29 is 9.59 Å². The van der Waals surface area contributed by atoms with Crippen molar-refractivity contribution in [1.82, 2.24) is 10.2 Å². The molecule has 0 aromatic heterocycles. The summed E-state index contributed by atoms with van der Waals surface area (Å²) in [5, 5.41) is 4.12. The molecule has 1 saturated heterocycles. The first kappa shape index (κ1) is 28.3. The zero-order valence-electron chi connectivity index (χ0n) is 22.9. The number of thioether (sulfide) groups is 1. The molecule has 5 nitrogen and oxygen atoms in total. The van der Waals surface area contributed by atoms with Crippen molar-refractivity contribution in [2.75, 3.05) is 25.0 Å². The van der Waals surface area contributed by atoms with Crippen molar-refractivity contribution in [3.8, 4) is 0 Å². The van der Waals surface area contributed by atoms with E-state index >= 15 is 0 Å². The standard InChI is InChI=1S/C33H36ClN3O2S/c1-36(28-11-3-2-4-12-28)20-8-19-35-32(38)26-17-15-24(16-18-26)22-31-33(39)37(23-25-9-7-10-27(34)21-25)29-13-5-6-14-30(29)40-31/h2-4,7,9-12,15-18,21-22,29-30H,5-6,8,13-14,19-20,23H2,1H3,(H,35,38)/b31-22+. The summed E-state index contributed by atoms with van der Waals surface area (Å²) in [6.07, 6.45) is 7.36. The lowest BCUT2D eigenvalue weighted by molar-refractivity contribution is -0.130. The van der Waals surface area contributed by atoms with Crippen LogP contribution in [0.4, 0.5) is 5.69 Å². The molecule has 7 heteroatoms. The number of carbonyl (C=O) groups is 2. The van der Waals surface area contributed by atoms with Crippen LogP contribution in [0.25, 0.3) is 6.08 Å². The molecule has 2 unspecified atom stereocenters. The van der Waals surface area contributed by atoms with Gasteiger partial charge in [0.25, 0.3) is 11.8 Å². The Labute approximate surface area is 246 Å². The number of nitrogens with zero attached hydrogens (tertiary/aromatic N) is 2. The number of carbonyl (C=O) groups excluding carboxylic acids is 2. The second-order valence-corrected chi connectivity index (χ2v) is 12.3. The lowest BCUT2D eigenvalue weighted by Gasteiger charge is -2.44. The van der Waals surface area contributed by atoms with E-state index in [1.807, 2.05) is 72.8 Å². The number of halogens is 1. The van der Waals surface area contributed by atoms with Gasteiger partial charge in [-0.05, 0) is 72.9 Å². The van der Waals surface area contributed by atoms with E-state index in [1.54, 1.807) is 11.8 Å². The summed E-state index contributed by atoms with van der Waals surface area (Å²) in [6, 6.07) is 25.8. The number of hydrogen-bond acceptors (Lipinski definition) is 4. The monoisotopic (exact) mass is 573 g/mol. The van der Waals surface area contributed by atoms with E-state index in [1.165, 1.54) is 12.1 Å². The Morgan fingerprint density at radius 3 is 2.60 bits per heavy atom. The SMILES string of the molecule is CN(CCCNC(=O)c1ccc(/C=C2/SC3CCCCC3N(Cc3cccc(Cl)c3)C2=O)cc1)c1ccccc1. The minimum Gasteiger partial charge on any atom is -0.375 e. The molecular weight excluding hydrogens is 538 g/mol. The van der Waals surface area contributed by atoms with Gasteiger partial charge in [-0.2, -0.15) is 0 Å². The van der Waals surface area contributed by atoms with Crippen LogP contribution in [0.15, 0.2) is 83.8 Å². The quantitative estimate of drug-likeness (QED) is 0.221. The zero-order valence-corrected chi connectivity index (χ0v) is 24.5. The van der Waals surface area contributed by atoms with E-state index in [4.69, 9.17) is 11.6 Å². The van der Waals surface area contributed by atoms with Crippen molar-refractivity contribution >= 4 is 46.9 Å². The average Bonchev–Trinajstić information content (AvgIpc) is 2.98. The molecule has 0 radical (unpaired) electrons. The summed E-state index contributed by atoms with van der Waals surface area (Å²) < 4.78 is 0. The van der Waals surface area contributed by atoms with Gasteiger partial charge in [-0.1, -0.05) is 66.9 Å². The minimum atomic E-state index is -0.0811. The predicted molar refractivity (Wildman–Crippen MR) is 167 cm³/mol. The molecule has 5 rings (SSSR count). The highest BCUT2D eigenvalue weighted by molar-refractivity contribution is 8.04. The number of anilines is 1. The lowest BCUT2D eigenvalue weighted by atomic mass is 9.92. The third-order valence-electron chi connectivity index (χ3n) is 7.68. The fourth-order valence-corrected chi connectivity index (χ4v) is 7.19. The Hall–Kier alpha value is -3.22. The van der Waals surface area contributed by atoms with Gasteiger partial charge in [-0.25, -0.2) is 0 Å². The van der Waals surface area contributed by atoms with E-state index in [9.17, 15) is 9.59 Å². The third kappa shape index (κ3) is 7.10. The third-order valence-corrected chi connectivity index (χ3v) is 9.32. The fourth-order valence-electron chi connectivity index (χ4n) is 5.51. The molecule has 0 bridgehead atoms. The van der Waals surface area contributed by atoms with Gasteiger partial charge in [0.2, 0.25) is 0 Å². The van der Waals surface area contributed by atoms with Gasteiger partial charge in [0, 0.05) is 54.2 Å². The maximum atomic E-state index is 13.7. The number of nitrogens with one attached hydrogen (secondary N) is 1. The van der Waals surface area contributed by atoms with Crippen molar-refractivity contribution in [2.24, 2.45) is 0 Å². The van der Waals surface area contributed by atoms with Crippen molar-refractivity contribution in [3.05, 3.63) is 105 Å². The molecule has 0 spiro atoms. The number of benzene rings is 3. The maximum absolute atomic E-state index is 13.7. The van der Waals surface area contributed by atoms with Gasteiger partial charge >= 0.3 is 0 Å². The Morgan fingerprint density at radius 2 is 1.82 bits per heavy atom. The van der Waals surface area contributed by atoms with Crippen molar-refractivity contribution in [3.63, 3.8) is 0 Å². The molecule has 1 saturated carbocycles. The van der Waals surface area contributed by atoms with E-state index in [0.29, 0.717) is 28.9 Å². The summed E-state index contributed by atoms with van der Waals surface area (Å²) in [6.45, 7) is 2.04. The van der Waals surface area contributed by atoms with Crippen molar-refractivity contribution in [2.45, 2.75) is 49.9 Å². The summed E-state index contributed by atoms with van der Waals surface area (Å²) >= 11 is 7.95. The molecular formula is C33H36ClN3O2S. The largest absolute Gasteiger partial charge is 0.375 e. The second kappa shape index (κ2) is 13.4. The molecule has 2 fully saturated rings. The number of hydrogen-bond donors (Lipinski definition) is 1. The molecule has 1 aliphatic carbocycles. The van der Waals surface area contributed by atoms with E-state index in [-0.39, 0.29) is 17.9 Å². The highest BCUT2D eigenvalue weighted by Crippen LogP contribution is 2.42. The molecule has 1 N–H and O–H groups in total. The molecule has 3 aromatic carbocycles. The Kier molecular flexibility index (Phi) is 9.50. The normalized spacial score (nSPS) is 19.8. The average molecular weight is 574 g/mol. The van der Waals surface area contributed by atoms with Crippen LogP contribution < -0.4 is 10.2 Å². The highest BCUT2D eigenvalue weighted by atomic mass is 35.5.